The molecule has 0 fully saturated rings. The molecule has 0 spiro atoms. The van der Waals surface area contributed by atoms with E-state index >= 15 is 0 Å². The van der Waals surface area contributed by atoms with E-state index in [1.165, 1.54) is 12.5 Å². The number of nitrogens with one attached hydrogen (secondary N) is 1. The number of anilines is 1. The van der Waals surface area contributed by atoms with Gasteiger partial charge in [0.15, 0.2) is 6.10 Å². The standard InChI is InChI=1S/C13H21N6O14P3/c1-13(21,8(29-2)3-7-4-16-10-11(20)17-12(15)18-19(7)10)9(30-6-14)5-31-35(25,26)33-36(27,28)32-34(22,23)24/h4,8-9,21H,3,5H2,1-2H3,(H,25,26)(H,27,28)(H2,22,23,24)(H3,15,17,18,20). The first-order chi connectivity index (χ1) is 16.4. The molecule has 0 aliphatic rings. The smallest absolute Gasteiger partial charge is 0.419 e. The summed E-state index contributed by atoms with van der Waals surface area (Å²) in [7, 11) is -15.8. The topological polar surface area (TPSA) is 311 Å². The van der Waals surface area contributed by atoms with Crippen LogP contribution in [0.5, 0.6) is 0 Å². The van der Waals surface area contributed by atoms with Crippen LogP contribution in [-0.2, 0) is 42.7 Å². The Labute approximate surface area is 200 Å². The zero-order valence-electron chi connectivity index (χ0n) is 18.3. The number of rotatable bonds is 13. The Balaban J connectivity index is 2.24. The Morgan fingerprint density at radius 3 is 2.42 bits per heavy atom. The van der Waals surface area contributed by atoms with Gasteiger partial charge < -0.3 is 39.9 Å². The van der Waals surface area contributed by atoms with Crippen LogP contribution in [0.4, 0.5) is 5.95 Å². The number of fused-ring (bicyclic) bond motifs is 1. The lowest BCUT2D eigenvalue weighted by molar-refractivity contribution is -0.154. The van der Waals surface area contributed by atoms with Crippen LogP contribution in [0.15, 0.2) is 11.0 Å². The summed E-state index contributed by atoms with van der Waals surface area (Å²) in [5.41, 5.74) is 2.73. The van der Waals surface area contributed by atoms with Crippen molar-refractivity contribution in [2.45, 2.75) is 31.2 Å². The number of H-pyrrole nitrogens is 1. The van der Waals surface area contributed by atoms with Crippen molar-refractivity contribution < 1.29 is 61.0 Å². The monoisotopic (exact) mass is 578 g/mol. The molecule has 20 nitrogen and oxygen atoms in total. The van der Waals surface area contributed by atoms with E-state index in [4.69, 9.17) is 30.3 Å². The second kappa shape index (κ2) is 11.0. The van der Waals surface area contributed by atoms with Crippen molar-refractivity contribution in [3.8, 4) is 6.26 Å². The minimum Gasteiger partial charge on any atom is -0.419 e. The molecule has 0 bridgehead atoms. The maximum Gasteiger partial charge on any atom is 0.490 e. The number of nitrogens with two attached hydrogens (primary N) is 1. The number of hydrogen-bond acceptors (Lipinski definition) is 14. The fourth-order valence-corrected chi connectivity index (χ4v) is 5.89. The average molecular weight is 578 g/mol. The normalized spacial score (nSPS) is 18.9. The van der Waals surface area contributed by atoms with Gasteiger partial charge in [-0.25, -0.2) is 23.2 Å². The Morgan fingerprint density at radius 1 is 1.22 bits per heavy atom. The van der Waals surface area contributed by atoms with Crippen LogP contribution in [-0.4, -0.2) is 75.8 Å². The molecule has 5 unspecified atom stereocenters. The van der Waals surface area contributed by atoms with E-state index in [0.717, 1.165) is 18.5 Å². The third-order valence-corrected chi connectivity index (χ3v) is 8.25. The molecule has 0 amide bonds. The SMILES string of the molecule is COC(Cc1cnc2c(=O)[nH]c(N)nn12)C(C)(O)C(COP(=O)(O)OP(=O)(O)OP(=O)(O)O)OC#N. The van der Waals surface area contributed by atoms with Crippen LogP contribution in [0.1, 0.15) is 12.6 Å². The van der Waals surface area contributed by atoms with Crippen LogP contribution >= 0.6 is 23.5 Å². The second-order valence-electron chi connectivity index (χ2n) is 7.06. The molecule has 0 saturated carbocycles. The zero-order chi connectivity index (χ0) is 27.5. The highest BCUT2D eigenvalue weighted by molar-refractivity contribution is 7.66. The van der Waals surface area contributed by atoms with Gasteiger partial charge in [-0.3, -0.25) is 14.3 Å². The number of phosphoric acid groups is 3. The summed E-state index contributed by atoms with van der Waals surface area (Å²) in [6.45, 7) is -0.0660. The van der Waals surface area contributed by atoms with Crippen LogP contribution < -0.4 is 11.3 Å². The minimum atomic E-state index is -5.80. The summed E-state index contributed by atoms with van der Waals surface area (Å²) in [6, 6.07) is 0. The maximum absolute atomic E-state index is 12.0. The minimum absolute atomic E-state index is 0.133. The molecule has 202 valence electrons. The van der Waals surface area contributed by atoms with E-state index in [0.29, 0.717) is 0 Å². The predicted octanol–water partition coefficient (Wildman–Crippen LogP) is -1.48. The fraction of sp³-hybridized carbons (Fsp3) is 0.538. The molecule has 0 aromatic carbocycles. The van der Waals surface area contributed by atoms with Crippen LogP contribution in [0.3, 0.4) is 0 Å². The number of aromatic nitrogens is 4. The van der Waals surface area contributed by atoms with E-state index in [1.54, 1.807) is 0 Å². The number of nitrogen functional groups attached to an aromatic ring is 1. The summed E-state index contributed by atoms with van der Waals surface area (Å²) in [5, 5.41) is 23.9. The number of imidazole rings is 1. The van der Waals surface area contributed by atoms with Gasteiger partial charge in [0.05, 0.1) is 24.6 Å². The Hall–Kier alpha value is -2.23. The van der Waals surface area contributed by atoms with Crippen molar-refractivity contribution in [2.24, 2.45) is 0 Å². The summed E-state index contributed by atoms with van der Waals surface area (Å²) in [5.74, 6) is -0.242. The fourth-order valence-electron chi connectivity index (χ4n) is 2.87. The van der Waals surface area contributed by atoms with Crippen LogP contribution in [0, 0.1) is 11.5 Å². The number of phosphoric ester groups is 1. The van der Waals surface area contributed by atoms with E-state index in [9.17, 15) is 33.4 Å². The highest BCUT2D eigenvalue weighted by Crippen LogP contribution is 2.66. The number of methoxy groups -OCH3 is 1. The van der Waals surface area contributed by atoms with Crippen molar-refractivity contribution in [3.63, 3.8) is 0 Å². The summed E-state index contributed by atoms with van der Waals surface area (Å²) >= 11 is 0. The number of nitrogens with zero attached hydrogens (tertiary/aromatic N) is 4. The molecular formula is C13H21N6O14P3. The van der Waals surface area contributed by atoms with Gasteiger partial charge in [0, 0.05) is 13.5 Å². The van der Waals surface area contributed by atoms with Crippen molar-refractivity contribution in [2.75, 3.05) is 19.5 Å². The van der Waals surface area contributed by atoms with Crippen molar-refractivity contribution in [1.29, 1.82) is 5.26 Å². The molecule has 5 atom stereocenters. The Morgan fingerprint density at radius 2 is 1.86 bits per heavy atom. The third kappa shape index (κ3) is 7.88. The molecule has 8 N–H and O–H groups in total. The second-order valence-corrected chi connectivity index (χ2v) is 11.5. The molecule has 0 radical (unpaired) electrons. The van der Waals surface area contributed by atoms with Crippen molar-refractivity contribution in [1.82, 2.24) is 19.6 Å². The lowest BCUT2D eigenvalue weighted by Crippen LogP contribution is -2.54. The molecular weight excluding hydrogens is 557 g/mol. The molecule has 36 heavy (non-hydrogen) atoms. The molecule has 0 aliphatic carbocycles. The first-order valence-corrected chi connectivity index (χ1v) is 13.7. The van der Waals surface area contributed by atoms with E-state index in [1.807, 2.05) is 0 Å². The van der Waals surface area contributed by atoms with Gasteiger partial charge in [-0.05, 0) is 6.92 Å². The predicted molar refractivity (Wildman–Crippen MR) is 113 cm³/mol. The Bertz CT molecular complexity index is 1330. The van der Waals surface area contributed by atoms with Gasteiger partial charge >= 0.3 is 23.5 Å². The number of aliphatic hydroxyl groups is 1. The van der Waals surface area contributed by atoms with Gasteiger partial charge in [0.2, 0.25) is 11.6 Å². The molecule has 2 rings (SSSR count). The molecule has 23 heteroatoms. The van der Waals surface area contributed by atoms with Gasteiger partial charge in [0.1, 0.15) is 5.60 Å². The van der Waals surface area contributed by atoms with Crippen LogP contribution in [0.2, 0.25) is 0 Å². The van der Waals surface area contributed by atoms with Crippen molar-refractivity contribution >= 4 is 35.1 Å². The summed E-state index contributed by atoms with van der Waals surface area (Å²) in [6.07, 6.45) is -0.850. The summed E-state index contributed by atoms with van der Waals surface area (Å²) < 4.78 is 56.8. The number of ether oxygens (including phenoxy) is 2. The lowest BCUT2D eigenvalue weighted by Gasteiger charge is -2.36. The van der Waals surface area contributed by atoms with Crippen LogP contribution in [0.25, 0.3) is 5.65 Å². The number of hydrogen-bond donors (Lipinski definition) is 7. The average Bonchev–Trinajstić information content (AvgIpc) is 3.09. The number of nitriles is 1. The molecule has 2 heterocycles. The zero-order valence-corrected chi connectivity index (χ0v) is 20.9. The quantitative estimate of drug-likeness (QED) is 0.105. The van der Waals surface area contributed by atoms with Gasteiger partial charge in [-0.2, -0.15) is 13.9 Å². The number of aromatic amines is 1. The lowest BCUT2D eigenvalue weighted by atomic mass is 9.89. The highest BCUT2D eigenvalue weighted by Gasteiger charge is 2.46. The first kappa shape index (κ1) is 30.0. The third-order valence-electron chi connectivity index (χ3n) is 4.44. The molecule has 0 saturated heterocycles. The highest BCUT2D eigenvalue weighted by atomic mass is 31.3. The summed E-state index contributed by atoms with van der Waals surface area (Å²) in [4.78, 5) is 54.0. The Kier molecular flexibility index (Phi) is 9.19. The maximum atomic E-state index is 12.0. The van der Waals surface area contributed by atoms with E-state index in [-0.39, 0.29) is 23.7 Å². The molecule has 2 aromatic rings. The van der Waals surface area contributed by atoms with E-state index in [2.05, 4.69) is 28.2 Å². The first-order valence-electron chi connectivity index (χ1n) is 9.21. The van der Waals surface area contributed by atoms with Gasteiger partial charge in [-0.1, -0.05) is 0 Å². The van der Waals surface area contributed by atoms with E-state index < -0.39 is 53.4 Å². The van der Waals surface area contributed by atoms with Gasteiger partial charge in [0.25, 0.3) is 11.8 Å². The van der Waals surface area contributed by atoms with Crippen molar-refractivity contribution in [3.05, 3.63) is 22.2 Å². The van der Waals surface area contributed by atoms with Gasteiger partial charge in [-0.15, -0.1) is 5.10 Å². The molecule has 2 aromatic heterocycles. The molecule has 0 aliphatic heterocycles. The largest absolute Gasteiger partial charge is 0.490 e.